The highest BCUT2D eigenvalue weighted by molar-refractivity contribution is 7.09. The summed E-state index contributed by atoms with van der Waals surface area (Å²) in [6.07, 6.45) is 3.47. The lowest BCUT2D eigenvalue weighted by Gasteiger charge is -2.47. The number of pyridine rings is 1. The van der Waals surface area contributed by atoms with Crippen LogP contribution in [0.5, 0.6) is 0 Å². The van der Waals surface area contributed by atoms with Gasteiger partial charge in [-0.1, -0.05) is 6.07 Å². The number of amides is 1. The van der Waals surface area contributed by atoms with Gasteiger partial charge in [0.2, 0.25) is 0 Å². The highest BCUT2D eigenvalue weighted by atomic mass is 32.1. The second-order valence-corrected chi connectivity index (χ2v) is 8.25. The van der Waals surface area contributed by atoms with Gasteiger partial charge in [-0.2, -0.15) is 0 Å². The van der Waals surface area contributed by atoms with Gasteiger partial charge in [-0.25, -0.2) is 4.98 Å². The van der Waals surface area contributed by atoms with Gasteiger partial charge in [0.1, 0.15) is 10.7 Å². The summed E-state index contributed by atoms with van der Waals surface area (Å²) >= 11 is 1.68. The Morgan fingerprint density at radius 1 is 1.30 bits per heavy atom. The first-order valence-corrected chi connectivity index (χ1v) is 10.1. The lowest BCUT2D eigenvalue weighted by molar-refractivity contribution is -0.134. The third-order valence-corrected chi connectivity index (χ3v) is 6.30. The summed E-state index contributed by atoms with van der Waals surface area (Å²) < 4.78 is 7.60. The molecule has 4 rings (SSSR count). The van der Waals surface area contributed by atoms with Gasteiger partial charge in [-0.15, -0.1) is 11.3 Å². The highest BCUT2D eigenvalue weighted by Gasteiger charge is 2.41. The van der Waals surface area contributed by atoms with Crippen LogP contribution in [0.3, 0.4) is 0 Å². The third-order valence-electron chi connectivity index (χ3n) is 5.54. The van der Waals surface area contributed by atoms with Crippen LogP contribution in [0.25, 0.3) is 0 Å². The molecule has 1 amide bonds. The average molecular weight is 388 g/mol. The van der Waals surface area contributed by atoms with Crippen LogP contribution in [-0.2, 0) is 18.3 Å². The summed E-state index contributed by atoms with van der Waals surface area (Å²) in [6, 6.07) is 4.82. The minimum Gasteiger partial charge on any atom is -0.372 e. The van der Waals surface area contributed by atoms with E-state index < -0.39 is 0 Å². The Balaban J connectivity index is 1.39. The highest BCUT2D eigenvalue weighted by Crippen LogP contribution is 2.31. The molecule has 2 aliphatic rings. The molecule has 2 aromatic heterocycles. The van der Waals surface area contributed by atoms with Gasteiger partial charge in [-0.3, -0.25) is 14.5 Å². The van der Waals surface area contributed by atoms with Gasteiger partial charge in [0, 0.05) is 50.9 Å². The Morgan fingerprint density at radius 2 is 2.11 bits per heavy atom. The molecule has 1 spiro atoms. The Kier molecular flexibility index (Phi) is 5.12. The molecule has 0 atom stereocenters. The lowest BCUT2D eigenvalue weighted by Crippen LogP contribution is -2.57. The van der Waals surface area contributed by atoms with Gasteiger partial charge in [-0.05, 0) is 18.9 Å². The predicted octanol–water partition coefficient (Wildman–Crippen LogP) is 1.35. The van der Waals surface area contributed by atoms with Crippen molar-refractivity contribution in [2.45, 2.75) is 25.0 Å². The lowest BCUT2D eigenvalue weighted by atomic mass is 9.89. The normalized spacial score (nSPS) is 20.1. The molecule has 0 saturated carbocycles. The molecule has 2 aliphatic heterocycles. The van der Waals surface area contributed by atoms with Crippen molar-refractivity contribution in [1.82, 2.24) is 19.4 Å². The molecule has 7 nitrogen and oxygen atoms in total. The third kappa shape index (κ3) is 3.83. The second kappa shape index (κ2) is 7.53. The SMILES string of the molecule is Cn1c(C(=O)N2CCC3(CC2)CN(Cc2nccs2)CCO3)cccc1=O. The van der Waals surface area contributed by atoms with Crippen molar-refractivity contribution < 1.29 is 9.53 Å². The maximum atomic E-state index is 12.8. The predicted molar refractivity (Wildman–Crippen MR) is 103 cm³/mol. The summed E-state index contributed by atoms with van der Waals surface area (Å²) in [5.74, 6) is -0.0829. The molecule has 2 saturated heterocycles. The van der Waals surface area contributed by atoms with Crippen LogP contribution < -0.4 is 5.56 Å². The van der Waals surface area contributed by atoms with Crippen molar-refractivity contribution in [3.63, 3.8) is 0 Å². The van der Waals surface area contributed by atoms with Gasteiger partial charge in [0.15, 0.2) is 0 Å². The molecule has 0 bridgehead atoms. The van der Waals surface area contributed by atoms with Crippen molar-refractivity contribution >= 4 is 17.2 Å². The van der Waals surface area contributed by atoms with Crippen LogP contribution in [0, 0.1) is 0 Å². The minimum absolute atomic E-state index is 0.0829. The number of morpholine rings is 1. The maximum Gasteiger partial charge on any atom is 0.270 e. The Hall–Kier alpha value is -2.03. The molecule has 0 aromatic carbocycles. The van der Waals surface area contributed by atoms with E-state index in [1.165, 1.54) is 10.6 Å². The first kappa shape index (κ1) is 18.3. The Bertz CT molecular complexity index is 856. The molecule has 2 aromatic rings. The van der Waals surface area contributed by atoms with E-state index in [4.69, 9.17) is 4.74 Å². The summed E-state index contributed by atoms with van der Waals surface area (Å²) in [5, 5.41) is 3.14. The van der Waals surface area contributed by atoms with Crippen LogP contribution in [-0.4, -0.2) is 63.6 Å². The average Bonchev–Trinajstić information content (AvgIpc) is 3.17. The first-order valence-electron chi connectivity index (χ1n) is 9.26. The summed E-state index contributed by atoms with van der Waals surface area (Å²) in [5.41, 5.74) is 0.0886. The van der Waals surface area contributed by atoms with Gasteiger partial charge < -0.3 is 14.2 Å². The topological polar surface area (TPSA) is 67.7 Å². The van der Waals surface area contributed by atoms with Crippen LogP contribution in [0.4, 0.5) is 0 Å². The fourth-order valence-corrected chi connectivity index (χ4v) is 4.60. The van der Waals surface area contributed by atoms with Crippen molar-refractivity contribution in [1.29, 1.82) is 0 Å². The van der Waals surface area contributed by atoms with E-state index in [0.29, 0.717) is 25.4 Å². The molecule has 0 aliphatic carbocycles. The number of rotatable bonds is 3. The van der Waals surface area contributed by atoms with E-state index in [1.807, 2.05) is 16.5 Å². The van der Waals surface area contributed by atoms with Crippen LogP contribution in [0.2, 0.25) is 0 Å². The van der Waals surface area contributed by atoms with Gasteiger partial charge in [0.25, 0.3) is 11.5 Å². The quantitative estimate of drug-likeness (QED) is 0.794. The summed E-state index contributed by atoms with van der Waals surface area (Å²) in [6.45, 7) is 4.65. The monoisotopic (exact) mass is 388 g/mol. The Morgan fingerprint density at radius 3 is 2.85 bits per heavy atom. The molecule has 0 unspecified atom stereocenters. The number of aromatic nitrogens is 2. The number of hydrogen-bond acceptors (Lipinski definition) is 6. The molecule has 4 heterocycles. The summed E-state index contributed by atoms with van der Waals surface area (Å²) in [4.78, 5) is 33.2. The zero-order chi connectivity index (χ0) is 18.9. The van der Waals surface area contributed by atoms with Gasteiger partial charge in [0.05, 0.1) is 18.8 Å². The largest absolute Gasteiger partial charge is 0.372 e. The molecule has 144 valence electrons. The second-order valence-electron chi connectivity index (χ2n) is 7.27. The van der Waals surface area contributed by atoms with E-state index in [0.717, 1.165) is 37.5 Å². The van der Waals surface area contributed by atoms with Crippen molar-refractivity contribution in [2.75, 3.05) is 32.8 Å². The molecular formula is C19H24N4O3S. The standard InChI is InChI=1S/C19H24N4O3S/c1-21-15(3-2-4-17(21)24)18(25)23-8-5-19(6-9-23)14-22(10-11-26-19)13-16-20-7-12-27-16/h2-4,7,12H,5-6,8-11,13-14H2,1H3. The van der Waals surface area contributed by atoms with Crippen molar-refractivity contribution in [3.8, 4) is 0 Å². The molecule has 27 heavy (non-hydrogen) atoms. The van der Waals surface area contributed by atoms with E-state index in [2.05, 4.69) is 9.88 Å². The van der Waals surface area contributed by atoms with Crippen molar-refractivity contribution in [2.24, 2.45) is 7.05 Å². The zero-order valence-electron chi connectivity index (χ0n) is 15.5. The van der Waals surface area contributed by atoms with E-state index in [1.54, 1.807) is 30.5 Å². The number of carbonyl (C=O) groups excluding carboxylic acids is 1. The van der Waals surface area contributed by atoms with Crippen LogP contribution in [0.1, 0.15) is 28.3 Å². The van der Waals surface area contributed by atoms with Crippen molar-refractivity contribution in [3.05, 3.63) is 50.8 Å². The molecular weight excluding hydrogens is 364 g/mol. The van der Waals surface area contributed by atoms with Crippen LogP contribution in [0.15, 0.2) is 34.6 Å². The Labute approximate surface area is 162 Å². The molecule has 0 N–H and O–H groups in total. The zero-order valence-corrected chi connectivity index (χ0v) is 16.3. The molecule has 2 fully saturated rings. The number of carbonyl (C=O) groups is 1. The number of nitrogens with zero attached hydrogens (tertiary/aromatic N) is 4. The fourth-order valence-electron chi connectivity index (χ4n) is 3.94. The number of ether oxygens (including phenoxy) is 1. The van der Waals surface area contributed by atoms with Crippen LogP contribution >= 0.6 is 11.3 Å². The maximum absolute atomic E-state index is 12.8. The molecule has 8 heteroatoms. The van der Waals surface area contributed by atoms with E-state index in [-0.39, 0.29) is 17.1 Å². The minimum atomic E-state index is -0.186. The molecule has 0 radical (unpaired) electrons. The number of hydrogen-bond donors (Lipinski definition) is 0. The number of piperidine rings is 1. The summed E-state index contributed by atoms with van der Waals surface area (Å²) in [7, 11) is 1.64. The van der Waals surface area contributed by atoms with E-state index >= 15 is 0 Å². The smallest absolute Gasteiger partial charge is 0.270 e. The fraction of sp³-hybridized carbons (Fsp3) is 0.526. The number of thiazole rings is 1. The number of likely N-dealkylation sites (tertiary alicyclic amines) is 1. The van der Waals surface area contributed by atoms with Gasteiger partial charge >= 0.3 is 0 Å². The first-order chi connectivity index (χ1) is 13.1. The van der Waals surface area contributed by atoms with E-state index in [9.17, 15) is 9.59 Å².